The van der Waals surface area contributed by atoms with Crippen molar-refractivity contribution in [1.29, 1.82) is 0 Å². The molecule has 0 aliphatic carbocycles. The molecule has 0 aliphatic rings. The zero-order valence-corrected chi connectivity index (χ0v) is 9.88. The molecular formula is C4H15NO8P2. The standard InChI is InChI=1S/C4H11NO.H4O7P2/c1-3(5)4(2)6;1-8(2,3)7-9(4,5)6/h3-4,6H,5H2,1-2H3;(H2,1,2,3)(H2,4,5,6). The molecule has 15 heavy (non-hydrogen) atoms. The van der Waals surface area contributed by atoms with E-state index >= 15 is 0 Å². The zero-order chi connectivity index (χ0) is 12.9. The smallest absolute Gasteiger partial charge is 0.392 e. The molecule has 94 valence electrons. The Balaban J connectivity index is 0. The summed E-state index contributed by atoms with van der Waals surface area (Å²) < 4.78 is 22.2. The number of hydrogen-bond acceptors (Lipinski definition) is 5. The van der Waals surface area contributed by atoms with E-state index in [0.717, 1.165) is 0 Å². The second kappa shape index (κ2) is 6.70. The van der Waals surface area contributed by atoms with E-state index in [4.69, 9.17) is 30.4 Å². The van der Waals surface area contributed by atoms with Crippen molar-refractivity contribution in [3.63, 3.8) is 0 Å². The van der Waals surface area contributed by atoms with E-state index in [2.05, 4.69) is 4.31 Å². The van der Waals surface area contributed by atoms with Gasteiger partial charge in [-0.3, -0.25) is 0 Å². The maximum absolute atomic E-state index is 9.63. The third-order valence-electron chi connectivity index (χ3n) is 0.974. The quantitative estimate of drug-likeness (QED) is 0.347. The first kappa shape index (κ1) is 17.6. The van der Waals surface area contributed by atoms with Crippen molar-refractivity contribution in [2.24, 2.45) is 5.73 Å². The fourth-order valence-corrected chi connectivity index (χ4v) is 1.25. The number of hydrogen-bond donors (Lipinski definition) is 6. The van der Waals surface area contributed by atoms with Crippen LogP contribution in [0.3, 0.4) is 0 Å². The van der Waals surface area contributed by atoms with Gasteiger partial charge in [0.25, 0.3) is 0 Å². The minimum absolute atomic E-state index is 0.0926. The maximum Gasteiger partial charge on any atom is 0.478 e. The third-order valence-corrected chi connectivity index (χ3v) is 2.68. The monoisotopic (exact) mass is 267 g/mol. The third kappa shape index (κ3) is 20.3. The zero-order valence-electron chi connectivity index (χ0n) is 8.09. The van der Waals surface area contributed by atoms with Gasteiger partial charge < -0.3 is 30.4 Å². The van der Waals surface area contributed by atoms with Crippen LogP contribution in [0.4, 0.5) is 0 Å². The van der Waals surface area contributed by atoms with Crippen LogP contribution in [0.1, 0.15) is 13.8 Å². The molecule has 11 heteroatoms. The second-order valence-electron chi connectivity index (χ2n) is 2.66. The fraction of sp³-hybridized carbons (Fsp3) is 1.00. The number of phosphoric acid groups is 2. The van der Waals surface area contributed by atoms with Gasteiger partial charge in [0.05, 0.1) is 6.10 Å². The highest BCUT2D eigenvalue weighted by Crippen LogP contribution is 2.53. The molecule has 0 amide bonds. The highest BCUT2D eigenvalue weighted by molar-refractivity contribution is 7.60. The molecule has 0 radical (unpaired) electrons. The molecule has 2 unspecified atom stereocenters. The number of aliphatic hydroxyl groups is 1. The summed E-state index contributed by atoms with van der Waals surface area (Å²) in [6, 6.07) is -0.0926. The molecule has 0 rings (SSSR count). The molecule has 0 aromatic heterocycles. The maximum atomic E-state index is 9.63. The van der Waals surface area contributed by atoms with E-state index < -0.39 is 15.6 Å². The largest absolute Gasteiger partial charge is 0.478 e. The lowest BCUT2D eigenvalue weighted by Gasteiger charge is -2.04. The lowest BCUT2D eigenvalue weighted by atomic mass is 10.2. The van der Waals surface area contributed by atoms with Crippen molar-refractivity contribution in [2.45, 2.75) is 26.0 Å². The molecule has 0 bridgehead atoms. The summed E-state index contributed by atoms with van der Waals surface area (Å²) in [5, 5.41) is 8.50. The van der Waals surface area contributed by atoms with Crippen LogP contribution in [0.2, 0.25) is 0 Å². The number of nitrogens with two attached hydrogens (primary N) is 1. The van der Waals surface area contributed by atoms with E-state index in [1.165, 1.54) is 0 Å². The summed E-state index contributed by atoms with van der Waals surface area (Å²) in [7, 11) is -10.1. The van der Waals surface area contributed by atoms with E-state index in [1.807, 2.05) is 0 Å². The normalized spacial score (nSPS) is 16.3. The van der Waals surface area contributed by atoms with Crippen LogP contribution in [-0.2, 0) is 13.4 Å². The molecule has 0 fully saturated rings. The Kier molecular flexibility index (Phi) is 7.84. The minimum Gasteiger partial charge on any atom is -0.392 e. The van der Waals surface area contributed by atoms with Crippen LogP contribution in [-0.4, -0.2) is 36.8 Å². The first-order valence-corrected chi connectivity index (χ1v) is 6.67. The van der Waals surface area contributed by atoms with Gasteiger partial charge in [-0.15, -0.1) is 0 Å². The van der Waals surface area contributed by atoms with Crippen LogP contribution in [0.25, 0.3) is 0 Å². The molecule has 0 aromatic carbocycles. The Morgan fingerprint density at radius 2 is 1.27 bits per heavy atom. The lowest BCUT2D eigenvalue weighted by molar-refractivity contribution is 0.170. The Bertz CT molecular complexity index is 227. The molecule has 0 spiro atoms. The first-order chi connectivity index (χ1) is 6.35. The van der Waals surface area contributed by atoms with Gasteiger partial charge in [-0.25, -0.2) is 9.13 Å². The van der Waals surface area contributed by atoms with Crippen LogP contribution < -0.4 is 5.73 Å². The highest BCUT2D eigenvalue weighted by Gasteiger charge is 2.27. The van der Waals surface area contributed by atoms with E-state index in [-0.39, 0.29) is 12.1 Å². The van der Waals surface area contributed by atoms with Gasteiger partial charge in [0, 0.05) is 6.04 Å². The van der Waals surface area contributed by atoms with Crippen molar-refractivity contribution in [2.75, 3.05) is 0 Å². The van der Waals surface area contributed by atoms with Gasteiger partial charge in [-0.05, 0) is 13.8 Å². The Morgan fingerprint density at radius 1 is 1.07 bits per heavy atom. The van der Waals surface area contributed by atoms with Crippen molar-refractivity contribution >= 4 is 15.6 Å². The van der Waals surface area contributed by atoms with Crippen LogP contribution in [0.15, 0.2) is 0 Å². The van der Waals surface area contributed by atoms with E-state index in [1.54, 1.807) is 13.8 Å². The van der Waals surface area contributed by atoms with Crippen LogP contribution in [0, 0.1) is 0 Å². The van der Waals surface area contributed by atoms with E-state index in [9.17, 15) is 9.13 Å². The average molecular weight is 267 g/mol. The molecule has 9 nitrogen and oxygen atoms in total. The van der Waals surface area contributed by atoms with Gasteiger partial charge in [0.1, 0.15) is 0 Å². The molecule has 7 N–H and O–H groups in total. The molecule has 0 saturated carbocycles. The SMILES string of the molecule is CC(N)C(C)O.O=P(O)(O)OP(=O)(O)O. The molecule has 2 atom stereocenters. The van der Waals surface area contributed by atoms with Crippen molar-refractivity contribution in [1.82, 2.24) is 0 Å². The van der Waals surface area contributed by atoms with Crippen molar-refractivity contribution in [3.8, 4) is 0 Å². The Hall–Kier alpha value is 0.180. The Labute approximate surface area is 86.4 Å². The summed E-state index contributed by atoms with van der Waals surface area (Å²) in [5.74, 6) is 0. The summed E-state index contributed by atoms with van der Waals surface area (Å²) in [6.07, 6.45) is -0.370. The number of rotatable bonds is 3. The van der Waals surface area contributed by atoms with Gasteiger partial charge in [0.15, 0.2) is 0 Å². The molecule has 0 heterocycles. The highest BCUT2D eigenvalue weighted by atomic mass is 31.3. The van der Waals surface area contributed by atoms with Crippen LogP contribution in [0.5, 0.6) is 0 Å². The number of aliphatic hydroxyl groups excluding tert-OH is 1. The van der Waals surface area contributed by atoms with E-state index in [0.29, 0.717) is 0 Å². The summed E-state index contributed by atoms with van der Waals surface area (Å²) in [5.41, 5.74) is 5.19. The van der Waals surface area contributed by atoms with Gasteiger partial charge in [0.2, 0.25) is 0 Å². The summed E-state index contributed by atoms with van der Waals surface area (Å²) in [6.45, 7) is 3.44. The second-order valence-corrected chi connectivity index (χ2v) is 5.28. The Morgan fingerprint density at radius 3 is 1.27 bits per heavy atom. The fourth-order valence-electron chi connectivity index (χ4n) is 0.139. The molecule has 0 aromatic rings. The topological polar surface area (TPSA) is 171 Å². The van der Waals surface area contributed by atoms with Crippen LogP contribution >= 0.6 is 15.6 Å². The molecule has 0 saturated heterocycles. The van der Waals surface area contributed by atoms with Gasteiger partial charge >= 0.3 is 15.6 Å². The molecule has 0 aliphatic heterocycles. The summed E-state index contributed by atoms with van der Waals surface area (Å²) >= 11 is 0. The van der Waals surface area contributed by atoms with Crippen molar-refractivity contribution < 1.29 is 38.1 Å². The average Bonchev–Trinajstić information content (AvgIpc) is 1.78. The van der Waals surface area contributed by atoms with Crippen molar-refractivity contribution in [3.05, 3.63) is 0 Å². The summed E-state index contributed by atoms with van der Waals surface area (Å²) in [4.78, 5) is 31.0. The van der Waals surface area contributed by atoms with Gasteiger partial charge in [-0.2, -0.15) is 4.31 Å². The lowest BCUT2D eigenvalue weighted by Crippen LogP contribution is -2.28. The minimum atomic E-state index is -5.05. The van der Waals surface area contributed by atoms with Gasteiger partial charge in [-0.1, -0.05) is 0 Å². The first-order valence-electron chi connectivity index (χ1n) is 3.61. The predicted octanol–water partition coefficient (Wildman–Crippen LogP) is -1.10. The molecular weight excluding hydrogens is 252 g/mol. The predicted molar refractivity (Wildman–Crippen MR) is 50.5 cm³/mol.